The quantitative estimate of drug-likeness (QED) is 0.605. The van der Waals surface area contributed by atoms with Crippen molar-refractivity contribution < 1.29 is 17.0 Å². The fourth-order valence-corrected chi connectivity index (χ4v) is 6.22. The molecule has 114 valence electrons. The second-order valence-electron chi connectivity index (χ2n) is 5.31. The zero-order chi connectivity index (χ0) is 15.4. The summed E-state index contributed by atoms with van der Waals surface area (Å²) in [6, 6.07) is 31.4. The van der Waals surface area contributed by atoms with E-state index >= 15 is 0 Å². The molecule has 1 nitrogen and oxygen atoms in total. The molecule has 0 amide bonds. The molecule has 0 aromatic heterocycles. The second-order valence-corrected chi connectivity index (χ2v) is 8.83. The van der Waals surface area contributed by atoms with Gasteiger partial charge in [-0.05, 0) is 36.4 Å². The van der Waals surface area contributed by atoms with E-state index in [9.17, 15) is 5.26 Å². The fraction of sp³-hybridized carbons (Fsp3) is 0.0500. The first-order chi connectivity index (χ1) is 10.8. The maximum atomic E-state index is 9.54. The molecule has 0 spiro atoms. The Balaban J connectivity index is 0.00000192. The van der Waals surface area contributed by atoms with Crippen molar-refractivity contribution in [3.63, 3.8) is 0 Å². The summed E-state index contributed by atoms with van der Waals surface area (Å²) in [5.41, 5.74) is 0.769. The van der Waals surface area contributed by atoms with Crippen LogP contribution in [0.5, 0.6) is 0 Å². The van der Waals surface area contributed by atoms with Crippen LogP contribution >= 0.6 is 7.26 Å². The summed E-state index contributed by atoms with van der Waals surface area (Å²) in [5, 5.41) is 13.3. The summed E-state index contributed by atoms with van der Waals surface area (Å²) in [6.45, 7) is 2.30. The Kier molecular flexibility index (Phi) is 5.72. The average Bonchev–Trinajstić information content (AvgIpc) is 2.62. The molecule has 3 rings (SSSR count). The van der Waals surface area contributed by atoms with Crippen molar-refractivity contribution in [1.82, 2.24) is 0 Å². The molecule has 3 aromatic carbocycles. The van der Waals surface area contributed by atoms with Crippen LogP contribution in [0, 0.1) is 11.3 Å². The van der Waals surface area contributed by atoms with E-state index in [4.69, 9.17) is 0 Å². The van der Waals surface area contributed by atoms with Gasteiger partial charge in [-0.25, -0.2) is 0 Å². The first-order valence-corrected chi connectivity index (χ1v) is 9.48. The molecule has 0 aliphatic rings. The van der Waals surface area contributed by atoms with E-state index in [0.717, 1.165) is 10.9 Å². The molecule has 0 N–H and O–H groups in total. The lowest BCUT2D eigenvalue weighted by atomic mass is 10.2. The van der Waals surface area contributed by atoms with Crippen molar-refractivity contribution in [2.75, 3.05) is 6.66 Å². The van der Waals surface area contributed by atoms with E-state index in [-0.39, 0.29) is 17.0 Å². The first-order valence-electron chi connectivity index (χ1n) is 7.24. The smallest absolute Gasteiger partial charge is 0.122 e. The second kappa shape index (κ2) is 7.55. The van der Waals surface area contributed by atoms with E-state index in [1.807, 2.05) is 30.3 Å². The number of halogens is 1. The number of nitriles is 1. The Bertz CT molecular complexity index is 770. The van der Waals surface area contributed by atoms with E-state index in [0.29, 0.717) is 0 Å². The third-order valence-corrected chi connectivity index (χ3v) is 8.07. The highest BCUT2D eigenvalue weighted by Gasteiger charge is 2.41. The van der Waals surface area contributed by atoms with Gasteiger partial charge in [0.05, 0.1) is 12.2 Å². The highest BCUT2D eigenvalue weighted by Crippen LogP contribution is 2.52. The maximum absolute atomic E-state index is 9.54. The van der Waals surface area contributed by atoms with Crippen LogP contribution in [0.4, 0.5) is 0 Å². The van der Waals surface area contributed by atoms with Gasteiger partial charge in [0, 0.05) is 0 Å². The normalized spacial score (nSPS) is 10.4. The molecule has 0 saturated heterocycles. The summed E-state index contributed by atoms with van der Waals surface area (Å²) in [6.07, 6.45) is 0. The molecule has 23 heavy (non-hydrogen) atoms. The Hall–Kier alpha value is -1.94. The predicted molar refractivity (Wildman–Crippen MR) is 95.8 cm³/mol. The minimum Gasteiger partial charge on any atom is -1.00 e. The van der Waals surface area contributed by atoms with Crippen molar-refractivity contribution in [2.24, 2.45) is 0 Å². The highest BCUT2D eigenvalue weighted by atomic mass is 79.9. The Labute approximate surface area is 148 Å². The van der Waals surface area contributed by atoms with Gasteiger partial charge in [-0.1, -0.05) is 48.5 Å². The van der Waals surface area contributed by atoms with Gasteiger partial charge in [-0.15, -0.1) is 0 Å². The van der Waals surface area contributed by atoms with E-state index < -0.39 is 7.26 Å². The van der Waals surface area contributed by atoms with Gasteiger partial charge in [-0.3, -0.25) is 0 Å². The molecule has 0 unspecified atom stereocenters. The lowest BCUT2D eigenvalue weighted by molar-refractivity contribution is -0.00000453. The monoisotopic (exact) mass is 381 g/mol. The summed E-state index contributed by atoms with van der Waals surface area (Å²) in [4.78, 5) is 0. The number of nitrogens with zero attached hydrogens (tertiary/aromatic N) is 1. The largest absolute Gasteiger partial charge is 1.00 e. The molecule has 0 bridgehead atoms. The van der Waals surface area contributed by atoms with E-state index in [2.05, 4.69) is 67.3 Å². The van der Waals surface area contributed by atoms with Gasteiger partial charge >= 0.3 is 0 Å². The third-order valence-electron chi connectivity index (χ3n) is 4.05. The highest BCUT2D eigenvalue weighted by molar-refractivity contribution is 7.95. The van der Waals surface area contributed by atoms with Crippen molar-refractivity contribution in [3.8, 4) is 6.07 Å². The summed E-state index contributed by atoms with van der Waals surface area (Å²) in [7, 11) is -1.80. The Morgan fingerprint density at radius 1 is 0.696 bits per heavy atom. The van der Waals surface area contributed by atoms with Gasteiger partial charge in [0.25, 0.3) is 0 Å². The number of benzene rings is 3. The standard InChI is InChI=1S/C20H17NP.BrH/c1-22(18-11-4-2-5-12-18,19-13-6-3-7-14-19)20-15-9-8-10-17(20)16-21;/h2-15H,1H3;1H/q+1;/p-1. The van der Waals surface area contributed by atoms with Crippen LogP contribution in [-0.2, 0) is 0 Å². The zero-order valence-corrected chi connectivity index (χ0v) is 15.3. The van der Waals surface area contributed by atoms with Crippen molar-refractivity contribution in [2.45, 2.75) is 0 Å². The molecule has 0 aliphatic heterocycles. The van der Waals surface area contributed by atoms with E-state index in [1.54, 1.807) is 0 Å². The Morgan fingerprint density at radius 2 is 1.13 bits per heavy atom. The number of hydrogen-bond donors (Lipinski definition) is 0. The van der Waals surface area contributed by atoms with Crippen LogP contribution in [0.15, 0.2) is 84.9 Å². The maximum Gasteiger partial charge on any atom is 0.122 e. The minimum absolute atomic E-state index is 0. The lowest BCUT2D eigenvalue weighted by Gasteiger charge is -2.23. The van der Waals surface area contributed by atoms with Crippen LogP contribution < -0.4 is 32.9 Å². The molecule has 0 heterocycles. The summed E-state index contributed by atoms with van der Waals surface area (Å²) < 4.78 is 0. The summed E-state index contributed by atoms with van der Waals surface area (Å²) >= 11 is 0. The number of rotatable bonds is 3. The van der Waals surface area contributed by atoms with E-state index in [1.165, 1.54) is 10.6 Å². The van der Waals surface area contributed by atoms with Crippen molar-refractivity contribution in [1.29, 1.82) is 5.26 Å². The number of hydrogen-bond acceptors (Lipinski definition) is 1. The fourth-order valence-electron chi connectivity index (χ4n) is 2.84. The Morgan fingerprint density at radius 3 is 1.61 bits per heavy atom. The molecular weight excluding hydrogens is 365 g/mol. The SMILES string of the molecule is C[P+](c1ccccc1)(c1ccccc1)c1ccccc1C#N.[Br-]. The van der Waals surface area contributed by atoms with Crippen molar-refractivity contribution in [3.05, 3.63) is 90.5 Å². The molecule has 3 heteroatoms. The van der Waals surface area contributed by atoms with Crippen molar-refractivity contribution >= 4 is 23.2 Å². The molecule has 0 atom stereocenters. The molecule has 0 aliphatic carbocycles. The van der Waals surface area contributed by atoms with Gasteiger partial charge in [0.15, 0.2) is 0 Å². The first kappa shape index (κ1) is 17.4. The molecule has 0 fully saturated rings. The predicted octanol–water partition coefficient (Wildman–Crippen LogP) is 0.486. The van der Waals surface area contributed by atoms with Crippen LogP contribution in [-0.4, -0.2) is 6.66 Å². The van der Waals surface area contributed by atoms with Crippen LogP contribution in [0.25, 0.3) is 0 Å². The molecule has 0 saturated carbocycles. The molecular formula is C20H17BrNP. The third kappa shape index (κ3) is 3.22. The van der Waals surface area contributed by atoms with Crippen LogP contribution in [0.3, 0.4) is 0 Å². The average molecular weight is 382 g/mol. The molecule has 3 aromatic rings. The van der Waals surface area contributed by atoms with Crippen LogP contribution in [0.2, 0.25) is 0 Å². The van der Waals surface area contributed by atoms with Gasteiger partial charge in [0.1, 0.15) is 29.2 Å². The van der Waals surface area contributed by atoms with Gasteiger partial charge in [-0.2, -0.15) is 5.26 Å². The molecule has 0 radical (unpaired) electrons. The zero-order valence-electron chi connectivity index (χ0n) is 12.9. The summed E-state index contributed by atoms with van der Waals surface area (Å²) in [5.74, 6) is 0. The lowest BCUT2D eigenvalue weighted by Crippen LogP contribution is -3.00. The topological polar surface area (TPSA) is 23.8 Å². The van der Waals surface area contributed by atoms with Gasteiger partial charge < -0.3 is 17.0 Å². The van der Waals surface area contributed by atoms with Gasteiger partial charge in [0.2, 0.25) is 0 Å². The van der Waals surface area contributed by atoms with Crippen LogP contribution in [0.1, 0.15) is 5.56 Å². The minimum atomic E-state index is -1.80.